The maximum atomic E-state index is 13.6. The van der Waals surface area contributed by atoms with Crippen molar-refractivity contribution in [1.29, 1.82) is 0 Å². The van der Waals surface area contributed by atoms with E-state index in [1.807, 2.05) is 42.5 Å². The number of nitrogens with zero attached hydrogens (tertiary/aromatic N) is 4. The Morgan fingerprint density at radius 2 is 1.81 bits per heavy atom. The van der Waals surface area contributed by atoms with E-state index in [0.29, 0.717) is 28.5 Å². The average Bonchev–Trinajstić information content (AvgIpc) is 3.35. The molecular weight excluding hydrogens is 461 g/mol. The van der Waals surface area contributed by atoms with Crippen molar-refractivity contribution in [3.63, 3.8) is 0 Å². The summed E-state index contributed by atoms with van der Waals surface area (Å²) in [5, 5.41) is 9.34. The predicted molar refractivity (Wildman–Crippen MR) is 134 cm³/mol. The number of esters is 1. The average molecular weight is 486 g/mol. The summed E-state index contributed by atoms with van der Waals surface area (Å²) in [6, 6.07) is 18.7. The number of benzene rings is 3. The normalized spacial score (nSPS) is 15.1. The van der Waals surface area contributed by atoms with E-state index in [1.165, 1.54) is 18.5 Å². The molecule has 1 unspecified atom stereocenters. The van der Waals surface area contributed by atoms with Gasteiger partial charge >= 0.3 is 5.97 Å². The fourth-order valence-corrected chi connectivity index (χ4v) is 4.46. The molecule has 1 aliphatic rings. The maximum Gasteiger partial charge on any atom is 0.338 e. The Labute approximate surface area is 207 Å². The van der Waals surface area contributed by atoms with Crippen LogP contribution in [0.15, 0.2) is 84.3 Å². The quantitative estimate of drug-likeness (QED) is 0.406. The first kappa shape index (κ1) is 23.2. The van der Waals surface area contributed by atoms with Gasteiger partial charge in [-0.1, -0.05) is 42.5 Å². The van der Waals surface area contributed by atoms with Crippen molar-refractivity contribution < 1.29 is 18.7 Å². The molecule has 0 fully saturated rings. The molecule has 0 bridgehead atoms. The third kappa shape index (κ3) is 4.31. The van der Waals surface area contributed by atoms with Gasteiger partial charge in [0.2, 0.25) is 11.9 Å². The van der Waals surface area contributed by atoms with E-state index in [2.05, 4.69) is 15.4 Å². The minimum absolute atomic E-state index is 0.101. The molecule has 9 heteroatoms. The number of amides is 1. The number of allylic oxidation sites excluding steroid dienone is 1. The maximum absolute atomic E-state index is 13.6. The van der Waals surface area contributed by atoms with Gasteiger partial charge in [0.25, 0.3) is 0 Å². The first-order valence-electron chi connectivity index (χ1n) is 11.6. The SMILES string of the molecule is CCOC(=O)C1=C(C)N(CC(=O)Nc2ccc3ccccc3c2)c2ncnn2C1c1ccc(F)cc1. The molecular formula is C27H24FN5O3. The van der Waals surface area contributed by atoms with Crippen molar-refractivity contribution in [3.8, 4) is 0 Å². The number of nitrogens with one attached hydrogen (secondary N) is 1. The van der Waals surface area contributed by atoms with Crippen LogP contribution in [0.1, 0.15) is 25.5 Å². The number of anilines is 2. The summed E-state index contributed by atoms with van der Waals surface area (Å²) in [6.07, 6.45) is 1.36. The van der Waals surface area contributed by atoms with Crippen molar-refractivity contribution in [2.24, 2.45) is 0 Å². The summed E-state index contributed by atoms with van der Waals surface area (Å²) in [7, 11) is 0. The van der Waals surface area contributed by atoms with Gasteiger partial charge in [0, 0.05) is 11.4 Å². The second kappa shape index (κ2) is 9.61. The molecule has 182 valence electrons. The number of aromatic nitrogens is 3. The van der Waals surface area contributed by atoms with Crippen LogP contribution >= 0.6 is 0 Å². The van der Waals surface area contributed by atoms with Gasteiger partial charge in [0.15, 0.2) is 0 Å². The molecule has 1 atom stereocenters. The number of fused-ring (bicyclic) bond motifs is 2. The highest BCUT2D eigenvalue weighted by atomic mass is 19.1. The van der Waals surface area contributed by atoms with Gasteiger partial charge in [-0.25, -0.2) is 13.9 Å². The number of carbonyl (C=O) groups excluding carboxylic acids is 2. The lowest BCUT2D eigenvalue weighted by Gasteiger charge is -2.35. The number of hydrogen-bond acceptors (Lipinski definition) is 6. The zero-order valence-electron chi connectivity index (χ0n) is 19.8. The molecule has 4 aromatic rings. The second-order valence-electron chi connectivity index (χ2n) is 8.37. The minimum Gasteiger partial charge on any atom is -0.463 e. The lowest BCUT2D eigenvalue weighted by Crippen LogP contribution is -2.40. The summed E-state index contributed by atoms with van der Waals surface area (Å²) < 4.78 is 20.5. The Balaban J connectivity index is 1.49. The predicted octanol–water partition coefficient (Wildman–Crippen LogP) is 4.46. The Morgan fingerprint density at radius 1 is 1.06 bits per heavy atom. The summed E-state index contributed by atoms with van der Waals surface area (Å²) in [6.45, 7) is 3.54. The van der Waals surface area contributed by atoms with Gasteiger partial charge in [-0.2, -0.15) is 10.1 Å². The number of ether oxygens (including phenoxy) is 1. The molecule has 36 heavy (non-hydrogen) atoms. The van der Waals surface area contributed by atoms with Gasteiger partial charge in [-0.05, 0) is 54.4 Å². The lowest BCUT2D eigenvalue weighted by atomic mass is 9.95. The summed E-state index contributed by atoms with van der Waals surface area (Å²) >= 11 is 0. The molecule has 0 aliphatic carbocycles. The van der Waals surface area contributed by atoms with E-state index in [9.17, 15) is 14.0 Å². The zero-order valence-corrected chi connectivity index (χ0v) is 19.8. The van der Waals surface area contributed by atoms with Gasteiger partial charge < -0.3 is 15.0 Å². The topological polar surface area (TPSA) is 89.3 Å². The monoisotopic (exact) mass is 485 g/mol. The molecule has 1 aromatic heterocycles. The van der Waals surface area contributed by atoms with Gasteiger partial charge in [-0.3, -0.25) is 4.79 Å². The highest BCUT2D eigenvalue weighted by molar-refractivity contribution is 5.98. The third-order valence-electron chi connectivity index (χ3n) is 6.12. The van der Waals surface area contributed by atoms with Gasteiger partial charge in [-0.15, -0.1) is 0 Å². The lowest BCUT2D eigenvalue weighted by molar-refractivity contribution is -0.139. The van der Waals surface area contributed by atoms with Crippen molar-refractivity contribution in [1.82, 2.24) is 14.8 Å². The molecule has 2 heterocycles. The van der Waals surface area contributed by atoms with Crippen LogP contribution < -0.4 is 10.2 Å². The fourth-order valence-electron chi connectivity index (χ4n) is 4.46. The van der Waals surface area contributed by atoms with E-state index in [1.54, 1.807) is 35.6 Å². The molecule has 8 nitrogen and oxygen atoms in total. The zero-order chi connectivity index (χ0) is 25.2. The van der Waals surface area contributed by atoms with Crippen molar-refractivity contribution in [3.05, 3.63) is 95.7 Å². The van der Waals surface area contributed by atoms with Crippen LogP contribution in [-0.4, -0.2) is 39.8 Å². The van der Waals surface area contributed by atoms with Crippen LogP contribution in [-0.2, 0) is 14.3 Å². The minimum atomic E-state index is -0.679. The van der Waals surface area contributed by atoms with E-state index in [4.69, 9.17) is 4.74 Å². The van der Waals surface area contributed by atoms with Crippen molar-refractivity contribution in [2.75, 3.05) is 23.4 Å². The summed E-state index contributed by atoms with van der Waals surface area (Å²) in [5.74, 6) is -0.824. The van der Waals surface area contributed by atoms with Crippen molar-refractivity contribution in [2.45, 2.75) is 19.9 Å². The van der Waals surface area contributed by atoms with Crippen LogP contribution in [0.25, 0.3) is 10.8 Å². The molecule has 3 aromatic carbocycles. The fraction of sp³-hybridized carbons (Fsp3) is 0.185. The molecule has 0 radical (unpaired) electrons. The summed E-state index contributed by atoms with van der Waals surface area (Å²) in [4.78, 5) is 32.2. The van der Waals surface area contributed by atoms with Crippen LogP contribution in [0.2, 0.25) is 0 Å². The molecule has 5 rings (SSSR count). The Bertz CT molecular complexity index is 1480. The first-order valence-corrected chi connectivity index (χ1v) is 11.6. The highest BCUT2D eigenvalue weighted by Crippen LogP contribution is 2.38. The number of carbonyl (C=O) groups is 2. The van der Waals surface area contributed by atoms with E-state index in [0.717, 1.165) is 10.8 Å². The summed E-state index contributed by atoms with van der Waals surface area (Å²) in [5.41, 5.74) is 2.12. The number of halogens is 1. The number of hydrogen-bond donors (Lipinski definition) is 1. The van der Waals surface area contributed by atoms with Gasteiger partial charge in [0.1, 0.15) is 24.7 Å². The van der Waals surface area contributed by atoms with Crippen LogP contribution in [0, 0.1) is 5.82 Å². The Kier molecular flexibility index (Phi) is 6.20. The Morgan fingerprint density at radius 3 is 2.56 bits per heavy atom. The van der Waals surface area contributed by atoms with Crippen LogP contribution in [0.5, 0.6) is 0 Å². The molecule has 0 spiro atoms. The largest absolute Gasteiger partial charge is 0.463 e. The molecule has 0 saturated carbocycles. The Hall–Kier alpha value is -4.53. The van der Waals surface area contributed by atoms with Gasteiger partial charge in [0.05, 0.1) is 12.2 Å². The molecule has 1 amide bonds. The van der Waals surface area contributed by atoms with Crippen LogP contribution in [0.3, 0.4) is 0 Å². The first-order chi connectivity index (χ1) is 17.5. The third-order valence-corrected chi connectivity index (χ3v) is 6.12. The smallest absolute Gasteiger partial charge is 0.338 e. The molecule has 1 N–H and O–H groups in total. The highest BCUT2D eigenvalue weighted by Gasteiger charge is 2.38. The molecule has 1 aliphatic heterocycles. The van der Waals surface area contributed by atoms with E-state index in [-0.39, 0.29) is 19.1 Å². The molecule has 0 saturated heterocycles. The second-order valence-corrected chi connectivity index (χ2v) is 8.37. The number of rotatable bonds is 6. The van der Waals surface area contributed by atoms with Crippen molar-refractivity contribution >= 4 is 34.3 Å². The van der Waals surface area contributed by atoms with E-state index < -0.39 is 17.8 Å². The van der Waals surface area contributed by atoms with E-state index >= 15 is 0 Å². The van der Waals surface area contributed by atoms with Crippen LogP contribution in [0.4, 0.5) is 16.0 Å². The standard InChI is InChI=1S/C27H24FN5O3/c1-3-36-26(35)24-17(2)32(15-23(34)31-22-13-10-18-6-4-5-7-20(18)14-22)27-29-16-30-33(27)25(24)19-8-11-21(28)12-9-19/h4-14,16,25H,3,15H2,1-2H3,(H,31,34).